The maximum absolute atomic E-state index is 10.8. The summed E-state index contributed by atoms with van der Waals surface area (Å²) in [4.78, 5) is 10.2. The van der Waals surface area contributed by atoms with Crippen molar-refractivity contribution < 1.29 is 19.1 Å². The third-order valence-corrected chi connectivity index (χ3v) is 2.82. The summed E-state index contributed by atoms with van der Waals surface area (Å²) in [5.41, 5.74) is -0.268. The molecule has 6 nitrogen and oxygen atoms in total. The molecule has 100 valence electrons. The average molecular weight is 296 g/mol. The highest BCUT2D eigenvalue weighted by molar-refractivity contribution is 6.42. The third-order valence-electron chi connectivity index (χ3n) is 2.10. The fourth-order valence-corrected chi connectivity index (χ4v) is 1.48. The molecule has 0 fully saturated rings. The minimum absolute atomic E-state index is 0.00787. The van der Waals surface area contributed by atoms with Gasteiger partial charge in [0.15, 0.2) is 12.0 Å². The van der Waals surface area contributed by atoms with Crippen LogP contribution in [0.1, 0.15) is 0 Å². The number of ether oxygens (including phenoxy) is 3. The smallest absolute Gasteiger partial charge is 0.312 e. The van der Waals surface area contributed by atoms with Crippen LogP contribution in [0.25, 0.3) is 0 Å². The summed E-state index contributed by atoms with van der Waals surface area (Å²) in [7, 11) is 2.86. The fourth-order valence-electron chi connectivity index (χ4n) is 1.17. The topological polar surface area (TPSA) is 70.8 Å². The molecule has 0 unspecified atom stereocenters. The lowest BCUT2D eigenvalue weighted by Crippen LogP contribution is -2.22. The van der Waals surface area contributed by atoms with E-state index >= 15 is 0 Å². The maximum atomic E-state index is 10.8. The lowest BCUT2D eigenvalue weighted by molar-refractivity contribution is -0.386. The number of nitro benzene ring substituents is 1. The molecule has 1 aromatic rings. The van der Waals surface area contributed by atoms with Gasteiger partial charge in [0.25, 0.3) is 0 Å². The molecule has 0 N–H and O–H groups in total. The summed E-state index contributed by atoms with van der Waals surface area (Å²) in [6, 6.07) is 2.41. The number of methoxy groups -OCH3 is 2. The number of hydrogen-bond donors (Lipinski definition) is 0. The first-order chi connectivity index (χ1) is 8.49. The zero-order chi connectivity index (χ0) is 13.7. The first-order valence-electron chi connectivity index (χ1n) is 4.81. The lowest BCUT2D eigenvalue weighted by atomic mass is 10.3. The molecule has 0 aliphatic rings. The Morgan fingerprint density at radius 1 is 1.28 bits per heavy atom. The first kappa shape index (κ1) is 15.0. The fraction of sp³-hybridized carbons (Fsp3) is 0.400. The number of nitrogens with zero attached hydrogens (tertiary/aromatic N) is 1. The summed E-state index contributed by atoms with van der Waals surface area (Å²) in [5.74, 6) is 0.00787. The molecule has 0 amide bonds. The zero-order valence-corrected chi connectivity index (χ0v) is 11.2. The van der Waals surface area contributed by atoms with Crippen molar-refractivity contribution in [3.63, 3.8) is 0 Å². The van der Waals surface area contributed by atoms with Crippen LogP contribution in [-0.4, -0.2) is 32.0 Å². The Balaban J connectivity index is 2.93. The molecule has 0 aromatic heterocycles. The molecule has 1 aromatic carbocycles. The molecule has 0 spiro atoms. The second kappa shape index (κ2) is 6.75. The van der Waals surface area contributed by atoms with Gasteiger partial charge in [-0.1, -0.05) is 23.2 Å². The molecule has 0 saturated heterocycles. The summed E-state index contributed by atoms with van der Waals surface area (Å²) >= 11 is 11.5. The molecule has 0 radical (unpaired) electrons. The van der Waals surface area contributed by atoms with Crippen molar-refractivity contribution in [3.8, 4) is 5.75 Å². The number of hydrogen-bond acceptors (Lipinski definition) is 5. The number of halogens is 2. The SMILES string of the molecule is COC(COc1cc(Cl)c(Cl)cc1[N+](=O)[O-])OC. The van der Waals surface area contributed by atoms with Gasteiger partial charge in [0.1, 0.15) is 6.61 Å². The average Bonchev–Trinajstić information content (AvgIpc) is 2.34. The molecule has 0 aliphatic carbocycles. The van der Waals surface area contributed by atoms with Crippen LogP contribution in [0, 0.1) is 10.1 Å². The van der Waals surface area contributed by atoms with Gasteiger partial charge in [0.2, 0.25) is 0 Å². The van der Waals surface area contributed by atoms with Crippen LogP contribution in [0.15, 0.2) is 12.1 Å². The van der Waals surface area contributed by atoms with Crippen LogP contribution in [-0.2, 0) is 9.47 Å². The summed E-state index contributed by atoms with van der Waals surface area (Å²) in [5, 5.41) is 11.1. The highest BCUT2D eigenvalue weighted by Crippen LogP contribution is 2.35. The van der Waals surface area contributed by atoms with Crippen molar-refractivity contribution in [1.29, 1.82) is 0 Å². The standard InChI is InChI=1S/C10H11Cl2NO5/c1-16-10(17-2)5-18-9-4-7(12)6(11)3-8(9)13(14)15/h3-4,10H,5H2,1-2H3. The van der Waals surface area contributed by atoms with Crippen LogP contribution in [0.5, 0.6) is 5.75 Å². The van der Waals surface area contributed by atoms with Crippen LogP contribution >= 0.6 is 23.2 Å². The molecule has 0 atom stereocenters. The van der Waals surface area contributed by atoms with Gasteiger partial charge in [0, 0.05) is 26.4 Å². The third kappa shape index (κ3) is 3.71. The Hall–Kier alpha value is -1.08. The minimum Gasteiger partial charge on any atom is -0.481 e. The van der Waals surface area contributed by atoms with E-state index in [2.05, 4.69) is 0 Å². The lowest BCUT2D eigenvalue weighted by Gasteiger charge is -2.14. The van der Waals surface area contributed by atoms with E-state index in [1.807, 2.05) is 0 Å². The van der Waals surface area contributed by atoms with Crippen molar-refractivity contribution in [2.75, 3.05) is 20.8 Å². The van der Waals surface area contributed by atoms with Crippen molar-refractivity contribution in [1.82, 2.24) is 0 Å². The van der Waals surface area contributed by atoms with Crippen molar-refractivity contribution in [3.05, 3.63) is 32.3 Å². The Kier molecular flexibility index (Phi) is 5.61. The van der Waals surface area contributed by atoms with Gasteiger partial charge >= 0.3 is 5.69 Å². The molecule has 0 saturated carbocycles. The van der Waals surface area contributed by atoms with E-state index in [0.29, 0.717) is 0 Å². The molecular weight excluding hydrogens is 285 g/mol. The van der Waals surface area contributed by atoms with E-state index in [0.717, 1.165) is 6.07 Å². The summed E-state index contributed by atoms with van der Waals surface area (Å²) in [6.45, 7) is -0.00813. The Bertz CT molecular complexity index is 437. The molecule has 0 aliphatic heterocycles. The number of benzene rings is 1. The monoisotopic (exact) mass is 295 g/mol. The van der Waals surface area contributed by atoms with Gasteiger partial charge < -0.3 is 14.2 Å². The Morgan fingerprint density at radius 2 is 1.83 bits per heavy atom. The van der Waals surface area contributed by atoms with E-state index in [1.54, 1.807) is 0 Å². The second-order valence-corrected chi connectivity index (χ2v) is 4.02. The molecule has 8 heteroatoms. The van der Waals surface area contributed by atoms with Gasteiger partial charge in [-0.2, -0.15) is 0 Å². The van der Waals surface area contributed by atoms with E-state index in [4.69, 9.17) is 37.4 Å². The van der Waals surface area contributed by atoms with Gasteiger partial charge in [0.05, 0.1) is 15.0 Å². The zero-order valence-electron chi connectivity index (χ0n) is 9.68. The van der Waals surface area contributed by atoms with E-state index in [9.17, 15) is 10.1 Å². The molecular formula is C10H11Cl2NO5. The second-order valence-electron chi connectivity index (χ2n) is 3.20. The number of rotatable bonds is 6. The van der Waals surface area contributed by atoms with Crippen LogP contribution in [0.2, 0.25) is 10.0 Å². The first-order valence-corrected chi connectivity index (χ1v) is 5.57. The maximum Gasteiger partial charge on any atom is 0.312 e. The molecule has 0 bridgehead atoms. The molecule has 18 heavy (non-hydrogen) atoms. The highest BCUT2D eigenvalue weighted by atomic mass is 35.5. The number of nitro groups is 1. The van der Waals surface area contributed by atoms with E-state index < -0.39 is 11.2 Å². The predicted molar refractivity (Wildman–Crippen MR) is 66.4 cm³/mol. The van der Waals surface area contributed by atoms with Crippen molar-refractivity contribution >= 4 is 28.9 Å². The minimum atomic E-state index is -0.626. The normalized spacial score (nSPS) is 10.7. The summed E-state index contributed by atoms with van der Waals surface area (Å²) < 4.78 is 15.0. The van der Waals surface area contributed by atoms with Gasteiger partial charge in [-0.25, -0.2) is 0 Å². The highest BCUT2D eigenvalue weighted by Gasteiger charge is 2.19. The quantitative estimate of drug-likeness (QED) is 0.458. The van der Waals surface area contributed by atoms with E-state index in [1.165, 1.54) is 20.3 Å². The Morgan fingerprint density at radius 3 is 2.33 bits per heavy atom. The van der Waals surface area contributed by atoms with Gasteiger partial charge in [-0.15, -0.1) is 0 Å². The summed E-state index contributed by atoms with van der Waals surface area (Å²) in [6.07, 6.45) is -0.626. The van der Waals surface area contributed by atoms with Gasteiger partial charge in [-0.05, 0) is 0 Å². The Labute approximate surface area is 113 Å². The molecule has 1 rings (SSSR count). The van der Waals surface area contributed by atoms with Crippen LogP contribution < -0.4 is 4.74 Å². The van der Waals surface area contributed by atoms with Gasteiger partial charge in [-0.3, -0.25) is 10.1 Å². The van der Waals surface area contributed by atoms with Crippen LogP contribution in [0.3, 0.4) is 0 Å². The largest absolute Gasteiger partial charge is 0.481 e. The van der Waals surface area contributed by atoms with E-state index in [-0.39, 0.29) is 28.1 Å². The van der Waals surface area contributed by atoms with Crippen molar-refractivity contribution in [2.45, 2.75) is 6.29 Å². The van der Waals surface area contributed by atoms with Crippen molar-refractivity contribution in [2.24, 2.45) is 0 Å². The van der Waals surface area contributed by atoms with Crippen LogP contribution in [0.4, 0.5) is 5.69 Å². The predicted octanol–water partition coefficient (Wildman–Crippen LogP) is 2.90. The molecule has 0 heterocycles.